The molecule has 3 saturated heterocycles. The van der Waals surface area contributed by atoms with Gasteiger partial charge in [0.25, 0.3) is 0 Å². The van der Waals surface area contributed by atoms with Crippen LogP contribution in [-0.2, 0) is 20.9 Å². The second-order valence-corrected chi connectivity index (χ2v) is 12.2. The van der Waals surface area contributed by atoms with E-state index in [-0.39, 0.29) is 35.5 Å². The van der Waals surface area contributed by atoms with Crippen LogP contribution in [0.1, 0.15) is 32.3 Å². The maximum atomic E-state index is 14.1. The van der Waals surface area contributed by atoms with Crippen molar-refractivity contribution in [2.45, 2.75) is 55.3 Å². The Balaban J connectivity index is 1.49. The molecule has 37 heavy (non-hydrogen) atoms. The summed E-state index contributed by atoms with van der Waals surface area (Å²) in [5.41, 5.74) is 1.46. The highest BCUT2D eigenvalue weighted by atomic mass is 35.5. The lowest BCUT2D eigenvalue weighted by Crippen LogP contribution is -2.57. The molecule has 3 N–H and O–H groups in total. The zero-order valence-electron chi connectivity index (χ0n) is 20.9. The van der Waals surface area contributed by atoms with Gasteiger partial charge < -0.3 is 20.6 Å². The Morgan fingerprint density at radius 3 is 2.54 bits per heavy atom. The van der Waals surface area contributed by atoms with Crippen LogP contribution in [0.5, 0.6) is 0 Å². The zero-order chi connectivity index (χ0) is 26.3. The number of nitrogens with zero attached hydrogens (tertiary/aromatic N) is 1. The van der Waals surface area contributed by atoms with Crippen LogP contribution in [0.3, 0.4) is 0 Å². The van der Waals surface area contributed by atoms with E-state index in [1.165, 1.54) is 0 Å². The number of carbonyl (C=O) groups excluding carboxylic acids is 3. The first-order valence-electron chi connectivity index (χ1n) is 12.8. The van der Waals surface area contributed by atoms with Gasteiger partial charge in [0.15, 0.2) is 0 Å². The van der Waals surface area contributed by atoms with Gasteiger partial charge in [-0.15, -0.1) is 11.8 Å². The molecule has 0 aromatic heterocycles. The van der Waals surface area contributed by atoms with Gasteiger partial charge in [0.1, 0.15) is 6.04 Å². The highest BCUT2D eigenvalue weighted by Gasteiger charge is 2.76. The first-order chi connectivity index (χ1) is 17.8. The highest BCUT2D eigenvalue weighted by Crippen LogP contribution is 2.68. The van der Waals surface area contributed by atoms with Crippen LogP contribution in [0, 0.1) is 17.8 Å². The van der Waals surface area contributed by atoms with Crippen molar-refractivity contribution in [2.24, 2.45) is 17.8 Å². The van der Waals surface area contributed by atoms with E-state index in [9.17, 15) is 19.5 Å². The van der Waals surface area contributed by atoms with Crippen molar-refractivity contribution in [1.29, 1.82) is 0 Å². The molecular weight excluding hydrogens is 510 g/mol. The fraction of sp³-hybridized carbons (Fsp3) is 0.464. The number of carbonyl (C=O) groups is 3. The molecule has 3 fully saturated rings. The van der Waals surface area contributed by atoms with Crippen LogP contribution in [0.15, 0.2) is 54.6 Å². The van der Waals surface area contributed by atoms with E-state index in [0.717, 1.165) is 12.0 Å². The van der Waals surface area contributed by atoms with Crippen molar-refractivity contribution in [3.63, 3.8) is 0 Å². The number of hydrogen-bond donors (Lipinski definition) is 3. The Bertz CT molecular complexity index is 1190. The number of aliphatic hydroxyl groups is 1. The van der Waals surface area contributed by atoms with Gasteiger partial charge in [0, 0.05) is 11.8 Å². The number of fused-ring (bicyclic) bond motifs is 1. The molecular formula is C28H32ClN3O4S. The standard InChI is InChI=1S/C28H32ClN3O4S/c1-3-18(15-33)32-24(26(35)31-20-12-8-7-11-19(20)29)28-16(2)13-21(37-28)22(23(28)27(32)36)25(34)30-14-17-9-5-4-6-10-17/h4-12,16,18,21-24,33H,3,13-15H2,1-2H3,(H,30,34)(H,31,35)/t16?,18-,21+,22-,23-,24?,28?/m0/s1. The fourth-order valence-corrected chi connectivity index (χ4v) is 9.12. The largest absolute Gasteiger partial charge is 0.394 e. The second-order valence-electron chi connectivity index (χ2n) is 10.2. The first kappa shape index (κ1) is 26.1. The predicted molar refractivity (Wildman–Crippen MR) is 145 cm³/mol. The second kappa shape index (κ2) is 10.3. The SMILES string of the molecule is CC[C@@H](CO)N1C(=O)[C@@H]2[C@@H](C(=O)NCc3ccccc3)[C@H]3CC(C)C2(S3)C1C(=O)Nc1ccccc1Cl. The molecule has 0 radical (unpaired) electrons. The summed E-state index contributed by atoms with van der Waals surface area (Å²) in [6, 6.07) is 15.3. The molecule has 3 amide bonds. The van der Waals surface area contributed by atoms with Crippen LogP contribution in [-0.4, -0.2) is 56.4 Å². The van der Waals surface area contributed by atoms with Gasteiger partial charge in [0.05, 0.1) is 39.9 Å². The minimum Gasteiger partial charge on any atom is -0.394 e. The Labute approximate surface area is 226 Å². The van der Waals surface area contributed by atoms with Gasteiger partial charge >= 0.3 is 0 Å². The van der Waals surface area contributed by atoms with Crippen molar-refractivity contribution in [2.75, 3.05) is 11.9 Å². The van der Waals surface area contributed by atoms with E-state index >= 15 is 0 Å². The molecule has 5 rings (SSSR count). The van der Waals surface area contributed by atoms with Gasteiger partial charge in [0.2, 0.25) is 17.7 Å². The third kappa shape index (κ3) is 4.23. The van der Waals surface area contributed by atoms with Crippen LogP contribution >= 0.6 is 23.4 Å². The van der Waals surface area contributed by atoms with E-state index in [1.54, 1.807) is 40.9 Å². The van der Waals surface area contributed by atoms with Gasteiger partial charge in [-0.3, -0.25) is 14.4 Å². The quantitative estimate of drug-likeness (QED) is 0.473. The monoisotopic (exact) mass is 541 g/mol. The molecule has 2 aromatic carbocycles. The van der Waals surface area contributed by atoms with Gasteiger partial charge in [-0.1, -0.05) is 67.9 Å². The average Bonchev–Trinajstić information content (AvgIpc) is 3.49. The summed E-state index contributed by atoms with van der Waals surface area (Å²) < 4.78 is -0.759. The number of aliphatic hydroxyl groups excluding tert-OH is 1. The number of amides is 3. The molecule has 2 aromatic rings. The van der Waals surface area contributed by atoms with Crippen molar-refractivity contribution < 1.29 is 19.5 Å². The van der Waals surface area contributed by atoms with Gasteiger partial charge in [-0.05, 0) is 36.5 Å². The van der Waals surface area contributed by atoms with Crippen molar-refractivity contribution >= 4 is 46.8 Å². The topological polar surface area (TPSA) is 98.7 Å². The summed E-state index contributed by atoms with van der Waals surface area (Å²) in [6.45, 7) is 4.09. The van der Waals surface area contributed by atoms with Crippen LogP contribution in [0.4, 0.5) is 5.69 Å². The third-order valence-electron chi connectivity index (χ3n) is 8.25. The van der Waals surface area contributed by atoms with Gasteiger partial charge in [-0.2, -0.15) is 0 Å². The number of likely N-dealkylation sites (tertiary alicyclic amines) is 1. The van der Waals surface area contributed by atoms with Crippen molar-refractivity contribution in [3.05, 3.63) is 65.2 Å². The number of benzene rings is 2. The molecule has 1 spiro atoms. The summed E-state index contributed by atoms with van der Waals surface area (Å²) in [5.74, 6) is -1.84. The molecule has 3 unspecified atom stereocenters. The van der Waals surface area contributed by atoms with Crippen LogP contribution < -0.4 is 10.6 Å². The van der Waals surface area contributed by atoms with Gasteiger partial charge in [-0.25, -0.2) is 0 Å². The zero-order valence-corrected chi connectivity index (χ0v) is 22.5. The van der Waals surface area contributed by atoms with Crippen molar-refractivity contribution in [3.8, 4) is 0 Å². The molecule has 0 aliphatic carbocycles. The Kier molecular flexibility index (Phi) is 7.27. The number of rotatable bonds is 8. The number of halogens is 1. The predicted octanol–water partition coefficient (Wildman–Crippen LogP) is 3.70. The third-order valence-corrected chi connectivity index (χ3v) is 10.7. The van der Waals surface area contributed by atoms with E-state index in [0.29, 0.717) is 23.7 Å². The summed E-state index contributed by atoms with van der Waals surface area (Å²) >= 11 is 7.94. The lowest BCUT2D eigenvalue weighted by atomic mass is 9.66. The van der Waals surface area contributed by atoms with Crippen LogP contribution in [0.2, 0.25) is 5.02 Å². The Morgan fingerprint density at radius 2 is 1.86 bits per heavy atom. The molecule has 2 bridgehead atoms. The minimum absolute atomic E-state index is 0.0396. The average molecular weight is 542 g/mol. The lowest BCUT2D eigenvalue weighted by Gasteiger charge is -2.40. The number of para-hydroxylation sites is 1. The number of anilines is 1. The maximum absolute atomic E-state index is 14.1. The van der Waals surface area contributed by atoms with Crippen molar-refractivity contribution in [1.82, 2.24) is 10.2 Å². The number of hydrogen-bond acceptors (Lipinski definition) is 5. The smallest absolute Gasteiger partial charge is 0.248 e. The van der Waals surface area contributed by atoms with E-state index in [4.69, 9.17) is 11.6 Å². The number of nitrogens with one attached hydrogen (secondary N) is 2. The normalized spacial score (nSPS) is 30.8. The molecule has 7 nitrogen and oxygen atoms in total. The first-order valence-corrected chi connectivity index (χ1v) is 14.1. The molecule has 0 saturated carbocycles. The molecule has 7 atom stereocenters. The highest BCUT2D eigenvalue weighted by molar-refractivity contribution is 8.02. The number of thioether (sulfide) groups is 1. The van der Waals surface area contributed by atoms with E-state index < -0.39 is 28.7 Å². The Morgan fingerprint density at radius 1 is 1.16 bits per heavy atom. The molecule has 3 aliphatic rings. The van der Waals surface area contributed by atoms with Crippen LogP contribution in [0.25, 0.3) is 0 Å². The fourth-order valence-electron chi connectivity index (χ4n) is 6.53. The molecule has 3 heterocycles. The summed E-state index contributed by atoms with van der Waals surface area (Å²) in [4.78, 5) is 43.2. The molecule has 196 valence electrons. The van der Waals surface area contributed by atoms with E-state index in [1.807, 2.05) is 37.3 Å². The molecule has 3 aliphatic heterocycles. The maximum Gasteiger partial charge on any atom is 0.248 e. The molecule has 9 heteroatoms. The lowest BCUT2D eigenvalue weighted by molar-refractivity contribution is -0.142. The Hall–Kier alpha value is -2.55. The summed E-state index contributed by atoms with van der Waals surface area (Å²) in [6.07, 6.45) is 1.24. The summed E-state index contributed by atoms with van der Waals surface area (Å²) in [5, 5.41) is 16.5. The summed E-state index contributed by atoms with van der Waals surface area (Å²) in [7, 11) is 0. The van der Waals surface area contributed by atoms with E-state index in [2.05, 4.69) is 17.6 Å². The minimum atomic E-state index is -0.824.